The normalized spacial score (nSPS) is 22.1. The Morgan fingerprint density at radius 1 is 1.11 bits per heavy atom. The van der Waals surface area contributed by atoms with Crippen LogP contribution < -0.4 is 10.1 Å². The molecule has 0 atom stereocenters. The molecule has 1 heterocycles. The summed E-state index contributed by atoms with van der Waals surface area (Å²) in [4.78, 5) is 0. The van der Waals surface area contributed by atoms with Crippen LogP contribution in [0.3, 0.4) is 0 Å². The molecule has 0 radical (unpaired) electrons. The van der Waals surface area contributed by atoms with Gasteiger partial charge in [-0.2, -0.15) is 0 Å². The Morgan fingerprint density at radius 3 is 2.33 bits per heavy atom. The molecule has 1 aliphatic carbocycles. The Bertz CT molecular complexity index is 379. The summed E-state index contributed by atoms with van der Waals surface area (Å²) < 4.78 is 5.95. The zero-order chi connectivity index (χ0) is 11.7. The molecule has 0 unspecified atom stereocenters. The van der Waals surface area contributed by atoms with E-state index in [-0.39, 0.29) is 12.4 Å². The van der Waals surface area contributed by atoms with Crippen molar-refractivity contribution in [3.05, 3.63) is 29.3 Å². The third kappa shape index (κ3) is 2.93. The van der Waals surface area contributed by atoms with Crippen LogP contribution in [0.15, 0.2) is 24.3 Å². The van der Waals surface area contributed by atoms with Crippen LogP contribution in [-0.4, -0.2) is 19.2 Å². The number of hydrogen-bond acceptors (Lipinski definition) is 2. The molecule has 18 heavy (non-hydrogen) atoms. The van der Waals surface area contributed by atoms with Gasteiger partial charge in [0, 0.05) is 5.02 Å². The molecule has 1 saturated carbocycles. The van der Waals surface area contributed by atoms with Crippen LogP contribution in [0, 0.1) is 5.41 Å². The topological polar surface area (TPSA) is 21.3 Å². The molecule has 0 amide bonds. The van der Waals surface area contributed by atoms with Crippen molar-refractivity contribution >= 4 is 24.0 Å². The number of ether oxygens (including phenoxy) is 1. The Labute approximate surface area is 119 Å². The van der Waals surface area contributed by atoms with Gasteiger partial charge in [0.05, 0.1) is 6.10 Å². The molecule has 100 valence electrons. The number of benzene rings is 1. The molecule has 2 aliphatic rings. The standard InChI is InChI=1S/C14H18ClNO.ClH/c15-11-1-3-12(4-2-11)17-13-9-14(10-13)5-7-16-8-6-14;/h1-4,13,16H,5-10H2;1H. The highest BCUT2D eigenvalue weighted by Gasteiger charge is 2.45. The first kappa shape index (κ1) is 14.0. The van der Waals surface area contributed by atoms with E-state index in [1.807, 2.05) is 24.3 Å². The van der Waals surface area contributed by atoms with Crippen molar-refractivity contribution in [2.75, 3.05) is 13.1 Å². The van der Waals surface area contributed by atoms with E-state index in [4.69, 9.17) is 16.3 Å². The first-order chi connectivity index (χ1) is 8.26. The smallest absolute Gasteiger partial charge is 0.119 e. The SMILES string of the molecule is Cl.Clc1ccc(OC2CC3(CCNCC3)C2)cc1. The fourth-order valence-corrected chi connectivity index (χ4v) is 3.19. The fourth-order valence-electron chi connectivity index (χ4n) is 3.06. The molecule has 2 nitrogen and oxygen atoms in total. The first-order valence-corrected chi connectivity index (χ1v) is 6.77. The Balaban J connectivity index is 0.00000120. The largest absolute Gasteiger partial charge is 0.490 e. The summed E-state index contributed by atoms with van der Waals surface area (Å²) in [7, 11) is 0. The molecule has 0 aromatic heterocycles. The third-order valence-corrected chi connectivity index (χ3v) is 4.35. The Kier molecular flexibility index (Phi) is 4.41. The van der Waals surface area contributed by atoms with E-state index in [0.717, 1.165) is 10.8 Å². The summed E-state index contributed by atoms with van der Waals surface area (Å²) in [5.41, 5.74) is 0.586. The van der Waals surface area contributed by atoms with Crippen molar-refractivity contribution in [1.29, 1.82) is 0 Å². The monoisotopic (exact) mass is 287 g/mol. The molecule has 1 spiro atoms. The Hall–Kier alpha value is -0.440. The predicted molar refractivity (Wildman–Crippen MR) is 76.9 cm³/mol. The van der Waals surface area contributed by atoms with Gasteiger partial charge in [-0.15, -0.1) is 12.4 Å². The summed E-state index contributed by atoms with van der Waals surface area (Å²) in [6.45, 7) is 2.35. The maximum Gasteiger partial charge on any atom is 0.119 e. The highest BCUT2D eigenvalue weighted by Crippen LogP contribution is 2.49. The van der Waals surface area contributed by atoms with Gasteiger partial charge < -0.3 is 10.1 Å². The lowest BCUT2D eigenvalue weighted by molar-refractivity contribution is -0.0347. The molecule has 1 saturated heterocycles. The molecule has 1 aliphatic heterocycles. The van der Waals surface area contributed by atoms with Crippen LogP contribution in [0.2, 0.25) is 5.02 Å². The summed E-state index contributed by atoms with van der Waals surface area (Å²) in [6, 6.07) is 7.68. The fraction of sp³-hybridized carbons (Fsp3) is 0.571. The second kappa shape index (κ2) is 5.68. The van der Waals surface area contributed by atoms with Crippen molar-refractivity contribution in [3.63, 3.8) is 0 Å². The molecule has 1 aromatic rings. The maximum absolute atomic E-state index is 5.95. The van der Waals surface area contributed by atoms with Gasteiger partial charge in [-0.05, 0) is 68.5 Å². The molecule has 2 fully saturated rings. The zero-order valence-corrected chi connectivity index (χ0v) is 11.9. The maximum atomic E-state index is 5.95. The van der Waals surface area contributed by atoms with Crippen LogP contribution >= 0.6 is 24.0 Å². The number of rotatable bonds is 2. The molecule has 1 N–H and O–H groups in total. The van der Waals surface area contributed by atoms with Gasteiger partial charge in [0.2, 0.25) is 0 Å². The van der Waals surface area contributed by atoms with Crippen molar-refractivity contribution in [1.82, 2.24) is 5.32 Å². The van der Waals surface area contributed by atoms with Crippen molar-refractivity contribution in [2.45, 2.75) is 31.8 Å². The summed E-state index contributed by atoms with van der Waals surface area (Å²) in [5.74, 6) is 0.947. The molecular formula is C14H19Cl2NO. The lowest BCUT2D eigenvalue weighted by Gasteiger charge is -2.49. The average molecular weight is 288 g/mol. The summed E-state index contributed by atoms with van der Waals surface area (Å²) in [6.07, 6.45) is 5.48. The molecule has 1 aromatic carbocycles. The zero-order valence-electron chi connectivity index (χ0n) is 10.3. The van der Waals surface area contributed by atoms with Gasteiger partial charge in [-0.1, -0.05) is 11.6 Å². The predicted octanol–water partition coefficient (Wildman–Crippen LogP) is 3.67. The quantitative estimate of drug-likeness (QED) is 0.896. The molecule has 0 bridgehead atoms. The van der Waals surface area contributed by atoms with E-state index in [9.17, 15) is 0 Å². The van der Waals surface area contributed by atoms with Gasteiger partial charge in [-0.3, -0.25) is 0 Å². The van der Waals surface area contributed by atoms with E-state index < -0.39 is 0 Å². The minimum atomic E-state index is 0. The lowest BCUT2D eigenvalue weighted by Crippen LogP contribution is -2.49. The van der Waals surface area contributed by atoms with Crippen molar-refractivity contribution < 1.29 is 4.74 Å². The molecule has 4 heteroatoms. The van der Waals surface area contributed by atoms with Gasteiger partial charge in [0.15, 0.2) is 0 Å². The second-order valence-electron chi connectivity index (χ2n) is 5.35. The van der Waals surface area contributed by atoms with Gasteiger partial charge in [-0.25, -0.2) is 0 Å². The van der Waals surface area contributed by atoms with Crippen LogP contribution in [0.4, 0.5) is 0 Å². The summed E-state index contributed by atoms with van der Waals surface area (Å²) >= 11 is 5.85. The lowest BCUT2D eigenvalue weighted by atomic mass is 9.62. The number of hydrogen-bond donors (Lipinski definition) is 1. The van der Waals surface area contributed by atoms with E-state index in [1.165, 1.54) is 38.8 Å². The average Bonchev–Trinajstić information content (AvgIpc) is 2.31. The number of piperidine rings is 1. The van der Waals surface area contributed by atoms with Gasteiger partial charge >= 0.3 is 0 Å². The second-order valence-corrected chi connectivity index (χ2v) is 5.79. The number of nitrogens with one attached hydrogen (secondary N) is 1. The molecular weight excluding hydrogens is 269 g/mol. The summed E-state index contributed by atoms with van der Waals surface area (Å²) in [5, 5.41) is 4.19. The van der Waals surface area contributed by atoms with Crippen molar-refractivity contribution in [2.24, 2.45) is 5.41 Å². The van der Waals surface area contributed by atoms with E-state index in [0.29, 0.717) is 11.5 Å². The molecule has 3 rings (SSSR count). The third-order valence-electron chi connectivity index (χ3n) is 4.10. The van der Waals surface area contributed by atoms with E-state index in [2.05, 4.69) is 5.32 Å². The minimum Gasteiger partial charge on any atom is -0.490 e. The van der Waals surface area contributed by atoms with Gasteiger partial charge in [0.25, 0.3) is 0 Å². The van der Waals surface area contributed by atoms with Crippen LogP contribution in [-0.2, 0) is 0 Å². The van der Waals surface area contributed by atoms with E-state index >= 15 is 0 Å². The minimum absolute atomic E-state index is 0. The first-order valence-electron chi connectivity index (χ1n) is 6.39. The highest BCUT2D eigenvalue weighted by atomic mass is 35.5. The van der Waals surface area contributed by atoms with Crippen LogP contribution in [0.25, 0.3) is 0 Å². The number of halogens is 2. The van der Waals surface area contributed by atoms with Gasteiger partial charge in [0.1, 0.15) is 5.75 Å². The van der Waals surface area contributed by atoms with Crippen LogP contribution in [0.5, 0.6) is 5.75 Å². The van der Waals surface area contributed by atoms with E-state index in [1.54, 1.807) is 0 Å². The Morgan fingerprint density at radius 2 is 1.72 bits per heavy atom. The van der Waals surface area contributed by atoms with Crippen LogP contribution in [0.1, 0.15) is 25.7 Å². The van der Waals surface area contributed by atoms with Crippen molar-refractivity contribution in [3.8, 4) is 5.75 Å². The highest BCUT2D eigenvalue weighted by molar-refractivity contribution is 6.30.